The van der Waals surface area contributed by atoms with Crippen molar-refractivity contribution in [1.29, 1.82) is 0 Å². The minimum atomic E-state index is -5.62. The van der Waals surface area contributed by atoms with Crippen LogP contribution in [0, 0.1) is 0 Å². The first-order chi connectivity index (χ1) is 19.8. The minimum absolute atomic E-state index is 0.128. The van der Waals surface area contributed by atoms with Crippen LogP contribution in [0.25, 0.3) is 0 Å². The van der Waals surface area contributed by atoms with Crippen LogP contribution in [0.2, 0.25) is 0 Å². The Kier molecular flexibility index (Phi) is 9.19. The molecule has 3 aromatic rings. The van der Waals surface area contributed by atoms with Crippen molar-refractivity contribution in [1.82, 2.24) is 0 Å². The van der Waals surface area contributed by atoms with E-state index in [1.54, 1.807) is 0 Å². The zero-order chi connectivity index (χ0) is 35.0. The maximum atomic E-state index is 16.9. The first kappa shape index (κ1) is 37.5. The molecular weight excluding hydrogens is 567 g/mol. The van der Waals surface area contributed by atoms with E-state index in [0.29, 0.717) is 15.9 Å². The summed E-state index contributed by atoms with van der Waals surface area (Å²) in [5.74, 6) is 0. The Bertz CT molecular complexity index is 1370. The van der Waals surface area contributed by atoms with E-state index in [9.17, 15) is 0 Å². The molecule has 250 valence electrons. The second-order valence-electron chi connectivity index (χ2n) is 19.7. The molecule has 45 heavy (non-hydrogen) atoms. The molecule has 3 aromatic carbocycles. The number of hydrogen-bond acceptors (Lipinski definition) is 2. The molecule has 0 saturated carbocycles. The van der Waals surface area contributed by atoms with E-state index in [-0.39, 0.29) is 16.2 Å². The molecule has 3 rings (SSSR count). The summed E-state index contributed by atoms with van der Waals surface area (Å²) in [6.45, 7) is 38.9. The molecule has 0 heterocycles. The fourth-order valence-electron chi connectivity index (χ4n) is 6.26. The zero-order valence-electron chi connectivity index (χ0n) is 32.0. The quantitative estimate of drug-likeness (QED) is 0.272. The predicted molar refractivity (Wildman–Crippen MR) is 197 cm³/mol. The fourth-order valence-corrected chi connectivity index (χ4v) is 10.6. The van der Waals surface area contributed by atoms with E-state index in [1.165, 1.54) is 0 Å². The summed E-state index contributed by atoms with van der Waals surface area (Å²) in [5, 5.41) is 1.26. The van der Waals surface area contributed by atoms with E-state index in [4.69, 9.17) is 0 Å². The topological polar surface area (TPSA) is 46.1 Å². The number of hydrogen-bond donors (Lipinski definition) is 0. The van der Waals surface area contributed by atoms with Gasteiger partial charge in [0.15, 0.2) is 0 Å². The number of benzene rings is 3. The predicted octanol–water partition coefficient (Wildman–Crippen LogP) is 8.85. The second kappa shape index (κ2) is 11.0. The summed E-state index contributed by atoms with van der Waals surface area (Å²) >= 11 is 0. The van der Waals surface area contributed by atoms with Crippen molar-refractivity contribution < 1.29 is 9.79 Å². The SMILES string of the molecule is CC(C)(C)c1ccc(P([O-])([O-])(c2ccc(C(C)(C)C)cc2C(C)(C)C)c2ccc(C(C)(C)C)cc2C(C)(C)C)c(C(C)(C)C)c1. The molecule has 0 spiro atoms. The van der Waals surface area contributed by atoms with Gasteiger partial charge in [-0.05, 0) is 0 Å². The van der Waals surface area contributed by atoms with Crippen molar-refractivity contribution in [3.63, 3.8) is 0 Å². The molecule has 0 aromatic heterocycles. The van der Waals surface area contributed by atoms with Crippen LogP contribution in [0.4, 0.5) is 0 Å². The Morgan fingerprint density at radius 3 is 0.689 bits per heavy atom. The van der Waals surface area contributed by atoms with Crippen LogP contribution in [0.15, 0.2) is 54.6 Å². The molecule has 0 bridgehead atoms. The average Bonchev–Trinajstić information content (AvgIpc) is 2.84. The standard InChI is InChI=1S/C42H63O2P/c1-37(2,3)28-19-22-34(31(25-28)40(10,11)12)45(43,44,35-23-20-29(38(4,5)6)26-32(35)41(13,14)15)36-24-21-30(39(7,8)9)27-33(36)42(16,17)18/h19-27H,1-18H3/q-2. The van der Waals surface area contributed by atoms with Gasteiger partial charge in [-0.2, -0.15) is 0 Å². The van der Waals surface area contributed by atoms with Gasteiger partial charge in [0.05, 0.1) is 0 Å². The Morgan fingerprint density at radius 2 is 0.533 bits per heavy atom. The summed E-state index contributed by atoms with van der Waals surface area (Å²) in [5.41, 5.74) is 4.32. The molecule has 3 heteroatoms. The molecule has 0 atom stereocenters. The molecule has 0 aliphatic carbocycles. The first-order valence-corrected chi connectivity index (χ1v) is 18.8. The molecule has 0 aliphatic rings. The Balaban J connectivity index is 2.78. The van der Waals surface area contributed by atoms with E-state index in [2.05, 4.69) is 143 Å². The molecular formula is C42H63O2P-2. The van der Waals surface area contributed by atoms with Gasteiger partial charge in [-0.1, -0.05) is 0 Å². The first-order valence-electron chi connectivity index (χ1n) is 16.8. The van der Waals surface area contributed by atoms with Crippen LogP contribution in [0.3, 0.4) is 0 Å². The van der Waals surface area contributed by atoms with Crippen LogP contribution in [0.1, 0.15) is 158 Å². The number of rotatable bonds is 3. The van der Waals surface area contributed by atoms with E-state index < -0.39 is 23.3 Å². The average molecular weight is 631 g/mol. The van der Waals surface area contributed by atoms with Crippen LogP contribution in [-0.4, -0.2) is 0 Å². The van der Waals surface area contributed by atoms with Crippen LogP contribution >= 0.6 is 7.06 Å². The van der Waals surface area contributed by atoms with Crippen LogP contribution in [-0.2, 0) is 32.5 Å². The third kappa shape index (κ3) is 7.15. The van der Waals surface area contributed by atoms with Crippen molar-refractivity contribution >= 4 is 23.0 Å². The molecule has 0 amide bonds. The molecule has 0 fully saturated rings. The molecule has 0 aliphatic heterocycles. The van der Waals surface area contributed by atoms with Gasteiger partial charge in [0.1, 0.15) is 0 Å². The second-order valence-corrected chi connectivity index (χ2v) is 23.0. The maximum absolute atomic E-state index is 16.9. The summed E-state index contributed by atoms with van der Waals surface area (Å²) in [7, 11) is -5.62. The fraction of sp³-hybridized carbons (Fsp3) is 0.571. The van der Waals surface area contributed by atoms with Gasteiger partial charge in [0.2, 0.25) is 0 Å². The van der Waals surface area contributed by atoms with Crippen molar-refractivity contribution in [3.8, 4) is 0 Å². The molecule has 0 N–H and O–H groups in total. The van der Waals surface area contributed by atoms with Crippen molar-refractivity contribution in [3.05, 3.63) is 88.0 Å². The Morgan fingerprint density at radius 1 is 0.333 bits per heavy atom. The van der Waals surface area contributed by atoms with Crippen molar-refractivity contribution in [2.45, 2.75) is 157 Å². The summed E-state index contributed by atoms with van der Waals surface area (Å²) < 4.78 is 0. The summed E-state index contributed by atoms with van der Waals surface area (Å²) in [6, 6.07) is 18.4. The summed E-state index contributed by atoms with van der Waals surface area (Å²) in [4.78, 5) is 33.9. The molecule has 2 nitrogen and oxygen atoms in total. The molecule has 0 saturated heterocycles. The zero-order valence-corrected chi connectivity index (χ0v) is 32.9. The van der Waals surface area contributed by atoms with Crippen molar-refractivity contribution in [2.75, 3.05) is 0 Å². The van der Waals surface area contributed by atoms with Gasteiger partial charge in [-0.25, -0.2) is 0 Å². The van der Waals surface area contributed by atoms with Gasteiger partial charge in [0, 0.05) is 0 Å². The molecule has 0 unspecified atom stereocenters. The normalized spacial score (nSPS) is 15.2. The van der Waals surface area contributed by atoms with E-state index in [0.717, 1.165) is 33.4 Å². The third-order valence-corrected chi connectivity index (χ3v) is 13.1. The van der Waals surface area contributed by atoms with E-state index in [1.807, 2.05) is 36.4 Å². The van der Waals surface area contributed by atoms with Gasteiger partial charge in [-0.3, -0.25) is 0 Å². The Labute approximate surface area is 277 Å². The van der Waals surface area contributed by atoms with Gasteiger partial charge in [-0.15, -0.1) is 0 Å². The van der Waals surface area contributed by atoms with Crippen LogP contribution in [0.5, 0.6) is 0 Å². The van der Waals surface area contributed by atoms with Gasteiger partial charge >= 0.3 is 278 Å². The Hall–Kier alpha value is -1.99. The van der Waals surface area contributed by atoms with E-state index >= 15 is 9.79 Å². The molecule has 0 radical (unpaired) electrons. The van der Waals surface area contributed by atoms with Gasteiger partial charge in [0.25, 0.3) is 0 Å². The summed E-state index contributed by atoms with van der Waals surface area (Å²) in [6.07, 6.45) is 0. The monoisotopic (exact) mass is 630 g/mol. The van der Waals surface area contributed by atoms with Gasteiger partial charge < -0.3 is 0 Å². The van der Waals surface area contributed by atoms with Crippen molar-refractivity contribution in [2.24, 2.45) is 0 Å². The third-order valence-electron chi connectivity index (χ3n) is 9.32. The van der Waals surface area contributed by atoms with Crippen LogP contribution < -0.4 is 25.7 Å².